The van der Waals surface area contributed by atoms with Gasteiger partial charge in [-0.3, -0.25) is 0 Å². The van der Waals surface area contributed by atoms with Gasteiger partial charge in [-0.2, -0.15) is 0 Å². The van der Waals surface area contributed by atoms with Crippen molar-refractivity contribution in [3.8, 4) is 11.6 Å². The van der Waals surface area contributed by atoms with E-state index in [1.807, 2.05) is 18.2 Å². The van der Waals surface area contributed by atoms with Crippen LogP contribution in [0.25, 0.3) is 0 Å². The van der Waals surface area contributed by atoms with Crippen molar-refractivity contribution in [2.75, 3.05) is 0 Å². The molecular formula is C10H5Br2N2O. The highest BCUT2D eigenvalue weighted by molar-refractivity contribution is 9.13. The minimum atomic E-state index is 0.438. The smallest absolute Gasteiger partial charge is 0.238 e. The minimum Gasteiger partial charge on any atom is -0.436 e. The Morgan fingerprint density at radius 3 is 2.80 bits per heavy atom. The highest BCUT2D eigenvalue weighted by Crippen LogP contribution is 2.34. The van der Waals surface area contributed by atoms with Crippen molar-refractivity contribution in [2.45, 2.75) is 0 Å². The number of halogens is 2. The molecule has 2 aromatic rings. The number of aromatic nitrogens is 2. The van der Waals surface area contributed by atoms with Gasteiger partial charge in [0.05, 0.1) is 4.47 Å². The van der Waals surface area contributed by atoms with Crippen molar-refractivity contribution in [3.05, 3.63) is 45.5 Å². The second-order valence-corrected chi connectivity index (χ2v) is 4.30. The van der Waals surface area contributed by atoms with Crippen LogP contribution >= 0.6 is 31.9 Å². The van der Waals surface area contributed by atoms with Crippen LogP contribution in [0.2, 0.25) is 0 Å². The molecule has 0 amide bonds. The number of hydrogen-bond donors (Lipinski definition) is 0. The maximum atomic E-state index is 5.52. The number of rotatable bonds is 2. The molecule has 1 aromatic heterocycles. The van der Waals surface area contributed by atoms with E-state index in [0.717, 1.165) is 8.95 Å². The molecule has 2 rings (SSSR count). The predicted octanol–water partition coefficient (Wildman–Crippen LogP) is 3.59. The molecule has 0 saturated carbocycles. The van der Waals surface area contributed by atoms with E-state index in [-0.39, 0.29) is 0 Å². The van der Waals surface area contributed by atoms with Gasteiger partial charge in [-0.1, -0.05) is 6.07 Å². The van der Waals surface area contributed by atoms with E-state index in [1.54, 1.807) is 12.1 Å². The predicted molar refractivity (Wildman–Crippen MR) is 62.8 cm³/mol. The molecule has 0 spiro atoms. The van der Waals surface area contributed by atoms with Gasteiger partial charge >= 0.3 is 0 Å². The first-order chi connectivity index (χ1) is 7.27. The molecular weight excluding hydrogens is 324 g/mol. The van der Waals surface area contributed by atoms with Crippen molar-refractivity contribution in [3.63, 3.8) is 0 Å². The first-order valence-electron chi connectivity index (χ1n) is 4.09. The molecule has 0 aliphatic rings. The van der Waals surface area contributed by atoms with Crippen LogP contribution < -0.4 is 4.74 Å². The average Bonchev–Trinajstić information content (AvgIpc) is 2.26. The summed E-state index contributed by atoms with van der Waals surface area (Å²) in [7, 11) is 0. The molecule has 0 saturated heterocycles. The highest BCUT2D eigenvalue weighted by Gasteiger charge is 2.05. The molecule has 75 valence electrons. The third-order valence-corrected chi connectivity index (χ3v) is 3.65. The van der Waals surface area contributed by atoms with Gasteiger partial charge in [0.2, 0.25) is 5.88 Å². The average molecular weight is 329 g/mol. The Morgan fingerprint density at radius 2 is 2.07 bits per heavy atom. The first-order valence-corrected chi connectivity index (χ1v) is 5.67. The fourth-order valence-corrected chi connectivity index (χ4v) is 1.68. The van der Waals surface area contributed by atoms with Crippen molar-refractivity contribution in [1.82, 2.24) is 10.2 Å². The van der Waals surface area contributed by atoms with Crippen molar-refractivity contribution in [1.29, 1.82) is 0 Å². The highest BCUT2D eigenvalue weighted by atomic mass is 79.9. The van der Waals surface area contributed by atoms with E-state index in [0.29, 0.717) is 11.6 Å². The molecule has 0 aliphatic carbocycles. The fourth-order valence-electron chi connectivity index (χ4n) is 0.983. The Labute approximate surface area is 104 Å². The molecule has 5 heteroatoms. The molecule has 3 nitrogen and oxygen atoms in total. The zero-order valence-corrected chi connectivity index (χ0v) is 10.6. The monoisotopic (exact) mass is 327 g/mol. The lowest BCUT2D eigenvalue weighted by Crippen LogP contribution is -1.90. The summed E-state index contributed by atoms with van der Waals surface area (Å²) < 4.78 is 7.29. The fraction of sp³-hybridized carbons (Fsp3) is 0. The first kappa shape index (κ1) is 10.6. The lowest BCUT2D eigenvalue weighted by molar-refractivity contribution is 0.452. The third kappa shape index (κ3) is 2.54. The van der Waals surface area contributed by atoms with Crippen molar-refractivity contribution >= 4 is 31.9 Å². The topological polar surface area (TPSA) is 35.0 Å². The maximum absolute atomic E-state index is 5.52. The molecule has 1 aromatic carbocycles. The largest absolute Gasteiger partial charge is 0.436 e. The molecule has 1 heterocycles. The van der Waals surface area contributed by atoms with Crippen LogP contribution in [0.3, 0.4) is 0 Å². The van der Waals surface area contributed by atoms with E-state index < -0.39 is 0 Å². The summed E-state index contributed by atoms with van der Waals surface area (Å²) in [6.45, 7) is 0. The van der Waals surface area contributed by atoms with E-state index in [4.69, 9.17) is 4.74 Å². The van der Waals surface area contributed by atoms with Gasteiger partial charge in [-0.15, -0.1) is 10.2 Å². The van der Waals surface area contributed by atoms with Gasteiger partial charge in [0, 0.05) is 10.5 Å². The van der Waals surface area contributed by atoms with Crippen molar-refractivity contribution < 1.29 is 4.74 Å². The molecule has 0 unspecified atom stereocenters. The van der Waals surface area contributed by atoms with E-state index in [9.17, 15) is 0 Å². The lowest BCUT2D eigenvalue weighted by atomic mass is 10.3. The molecule has 15 heavy (non-hydrogen) atoms. The molecule has 0 N–H and O–H groups in total. The van der Waals surface area contributed by atoms with Crippen LogP contribution in [0.15, 0.2) is 39.3 Å². The van der Waals surface area contributed by atoms with Crippen LogP contribution in [-0.2, 0) is 0 Å². The number of benzene rings is 1. The second-order valence-electron chi connectivity index (χ2n) is 2.65. The van der Waals surface area contributed by atoms with E-state index >= 15 is 0 Å². The SMILES string of the molecule is Brc1cccc(Oc2cc[c]nn2)c1Br. The third-order valence-electron chi connectivity index (χ3n) is 1.64. The normalized spacial score (nSPS) is 10.0. The van der Waals surface area contributed by atoms with Crippen LogP contribution in [0.5, 0.6) is 11.6 Å². The minimum absolute atomic E-state index is 0.438. The number of ether oxygens (including phenoxy) is 1. The van der Waals surface area contributed by atoms with Gasteiger partial charge in [0.15, 0.2) is 0 Å². The zero-order chi connectivity index (χ0) is 10.7. The molecule has 0 atom stereocenters. The Morgan fingerprint density at radius 1 is 1.20 bits per heavy atom. The summed E-state index contributed by atoms with van der Waals surface area (Å²) in [5, 5.41) is 7.39. The molecule has 1 radical (unpaired) electrons. The molecule has 0 fully saturated rings. The molecule has 0 bridgehead atoms. The van der Waals surface area contributed by atoms with Gasteiger partial charge in [-0.05, 0) is 50.1 Å². The quantitative estimate of drug-likeness (QED) is 0.845. The van der Waals surface area contributed by atoms with Crippen LogP contribution in [0, 0.1) is 6.20 Å². The van der Waals surface area contributed by atoms with Crippen molar-refractivity contribution in [2.24, 2.45) is 0 Å². The van der Waals surface area contributed by atoms with Crippen LogP contribution in [0.4, 0.5) is 0 Å². The summed E-state index contributed by atoms with van der Waals surface area (Å²) >= 11 is 6.80. The Bertz CT molecular complexity index is 462. The summed E-state index contributed by atoms with van der Waals surface area (Å²) in [6, 6.07) is 8.98. The van der Waals surface area contributed by atoms with E-state index in [2.05, 4.69) is 48.3 Å². The summed E-state index contributed by atoms with van der Waals surface area (Å²) in [4.78, 5) is 0. The number of hydrogen-bond acceptors (Lipinski definition) is 3. The summed E-state index contributed by atoms with van der Waals surface area (Å²) in [5.41, 5.74) is 0. The Hall–Kier alpha value is -0.940. The summed E-state index contributed by atoms with van der Waals surface area (Å²) in [6.07, 6.45) is 2.58. The van der Waals surface area contributed by atoms with Gasteiger partial charge in [0.1, 0.15) is 11.9 Å². The van der Waals surface area contributed by atoms with E-state index in [1.165, 1.54) is 0 Å². The summed E-state index contributed by atoms with van der Waals surface area (Å²) in [5.74, 6) is 1.12. The standard InChI is InChI=1S/C10H5Br2N2O/c11-7-3-1-4-8(10(7)12)15-9-5-2-6-13-14-9/h1-5H. The Kier molecular flexibility index (Phi) is 3.33. The van der Waals surface area contributed by atoms with Gasteiger partial charge < -0.3 is 4.74 Å². The second kappa shape index (κ2) is 4.72. The van der Waals surface area contributed by atoms with Crippen LogP contribution in [-0.4, -0.2) is 10.2 Å². The number of nitrogens with zero attached hydrogens (tertiary/aromatic N) is 2. The Balaban J connectivity index is 2.29. The van der Waals surface area contributed by atoms with Crippen LogP contribution in [0.1, 0.15) is 0 Å². The molecule has 0 aliphatic heterocycles. The van der Waals surface area contributed by atoms with Gasteiger partial charge in [-0.25, -0.2) is 0 Å². The van der Waals surface area contributed by atoms with Gasteiger partial charge in [0.25, 0.3) is 0 Å². The zero-order valence-electron chi connectivity index (χ0n) is 7.45. The maximum Gasteiger partial charge on any atom is 0.238 e. The lowest BCUT2D eigenvalue weighted by Gasteiger charge is -2.06.